The maximum absolute atomic E-state index is 12.2. The molecule has 2 rings (SSSR count). The molecule has 0 aliphatic carbocycles. The highest BCUT2D eigenvalue weighted by atomic mass is 32.2. The van der Waals surface area contributed by atoms with Gasteiger partial charge in [-0.3, -0.25) is 0 Å². The first kappa shape index (κ1) is 19.8. The van der Waals surface area contributed by atoms with E-state index in [-0.39, 0.29) is 12.4 Å². The molecule has 1 fully saturated rings. The summed E-state index contributed by atoms with van der Waals surface area (Å²) in [5.74, 6) is 7.79. The van der Waals surface area contributed by atoms with Gasteiger partial charge < -0.3 is 9.84 Å². The molecule has 1 heterocycles. The second-order valence-electron chi connectivity index (χ2n) is 3.95. The quantitative estimate of drug-likeness (QED) is 0.833. The van der Waals surface area contributed by atoms with Crippen molar-refractivity contribution < 1.29 is 14.2 Å². The van der Waals surface area contributed by atoms with Crippen molar-refractivity contribution >= 4 is 11.8 Å². The Balaban J connectivity index is 0.000000342. The van der Waals surface area contributed by atoms with Crippen LogP contribution in [0.15, 0.2) is 24.3 Å². The number of rotatable bonds is 2. The molecule has 118 valence electrons. The molecule has 1 unspecified atom stereocenters. The van der Waals surface area contributed by atoms with Crippen LogP contribution in [0.3, 0.4) is 0 Å². The van der Waals surface area contributed by atoms with Gasteiger partial charge in [0.15, 0.2) is 0 Å². The predicted molar refractivity (Wildman–Crippen MR) is 89.3 cm³/mol. The van der Waals surface area contributed by atoms with Crippen LogP contribution in [0.4, 0.5) is 4.39 Å². The lowest BCUT2D eigenvalue weighted by atomic mass is 10.2. The number of aliphatic hydroxyl groups is 1. The average molecular weight is 312 g/mol. The molecule has 1 aliphatic rings. The van der Waals surface area contributed by atoms with Gasteiger partial charge in [-0.05, 0) is 42.9 Å². The molecular formula is C17H25FO2S. The van der Waals surface area contributed by atoms with Crippen molar-refractivity contribution in [3.63, 3.8) is 0 Å². The molecule has 2 nitrogen and oxygen atoms in total. The largest absolute Gasteiger partial charge is 0.497 e. The zero-order valence-electron chi connectivity index (χ0n) is 13.1. The molecule has 0 saturated carbocycles. The molecule has 4 heteroatoms. The van der Waals surface area contributed by atoms with Crippen molar-refractivity contribution in [3.05, 3.63) is 30.1 Å². The van der Waals surface area contributed by atoms with Crippen LogP contribution in [0, 0.1) is 17.7 Å². The molecule has 0 bridgehead atoms. The van der Waals surface area contributed by atoms with E-state index < -0.39 is 0 Å². The zero-order chi connectivity index (χ0) is 15.9. The number of ether oxygens (including phenoxy) is 1. The van der Waals surface area contributed by atoms with Gasteiger partial charge in [0.2, 0.25) is 0 Å². The van der Waals surface area contributed by atoms with Crippen molar-refractivity contribution in [3.8, 4) is 17.6 Å². The summed E-state index contributed by atoms with van der Waals surface area (Å²) in [7, 11) is 1.55. The molecule has 0 spiro atoms. The van der Waals surface area contributed by atoms with Gasteiger partial charge in [-0.15, -0.1) is 11.8 Å². The van der Waals surface area contributed by atoms with E-state index in [1.54, 1.807) is 19.2 Å². The third kappa shape index (κ3) is 10.2. The van der Waals surface area contributed by atoms with E-state index in [0.29, 0.717) is 17.4 Å². The molecule has 0 aromatic heterocycles. The van der Waals surface area contributed by atoms with Gasteiger partial charge in [0, 0.05) is 6.42 Å². The van der Waals surface area contributed by atoms with Crippen LogP contribution in [0.5, 0.6) is 5.75 Å². The van der Waals surface area contributed by atoms with Gasteiger partial charge >= 0.3 is 0 Å². The Labute approximate surface area is 132 Å². The summed E-state index contributed by atoms with van der Waals surface area (Å²) in [5.41, 5.74) is 0. The van der Waals surface area contributed by atoms with Gasteiger partial charge in [0.1, 0.15) is 11.6 Å². The summed E-state index contributed by atoms with van der Waals surface area (Å²) >= 11 is 1.94. The smallest absolute Gasteiger partial charge is 0.123 e. The van der Waals surface area contributed by atoms with E-state index >= 15 is 0 Å². The van der Waals surface area contributed by atoms with E-state index in [4.69, 9.17) is 9.84 Å². The average Bonchev–Trinajstić information content (AvgIpc) is 3.04. The summed E-state index contributed by atoms with van der Waals surface area (Å²) in [6, 6.07) is 5.88. The van der Waals surface area contributed by atoms with Gasteiger partial charge in [0.05, 0.1) is 19.0 Å². The van der Waals surface area contributed by atoms with E-state index in [1.165, 1.54) is 30.7 Å². The second-order valence-corrected chi connectivity index (χ2v) is 5.27. The summed E-state index contributed by atoms with van der Waals surface area (Å²) in [6.07, 6.45) is 3.18. The zero-order valence-corrected chi connectivity index (χ0v) is 13.9. The maximum atomic E-state index is 12.2. The number of methoxy groups -OCH3 is 1. The summed E-state index contributed by atoms with van der Waals surface area (Å²) in [4.78, 5) is 0. The Morgan fingerprint density at radius 3 is 2.48 bits per heavy atom. The second kappa shape index (κ2) is 13.8. The van der Waals surface area contributed by atoms with Gasteiger partial charge in [-0.25, -0.2) is 4.39 Å². The first-order chi connectivity index (χ1) is 10.3. The molecule has 0 radical (unpaired) electrons. The lowest BCUT2D eigenvalue weighted by Gasteiger charge is -1.95. The number of hydrogen-bond acceptors (Lipinski definition) is 3. The van der Waals surface area contributed by atoms with Crippen molar-refractivity contribution in [2.24, 2.45) is 0 Å². The van der Waals surface area contributed by atoms with Gasteiger partial charge in [-0.2, -0.15) is 0 Å². The summed E-state index contributed by atoms with van der Waals surface area (Å²) in [6.45, 7) is 4.20. The minimum absolute atomic E-state index is 0.199. The van der Waals surface area contributed by atoms with Crippen LogP contribution in [-0.4, -0.2) is 29.8 Å². The SMILES string of the molecule is CC.COc1ccc(F)cc1.OCCC#CC1CCCS1. The molecule has 1 aromatic rings. The number of halogens is 1. The lowest BCUT2D eigenvalue weighted by Crippen LogP contribution is -1.89. The molecule has 0 amide bonds. The molecule has 1 saturated heterocycles. The Morgan fingerprint density at radius 2 is 2.00 bits per heavy atom. The standard InChI is InChI=1S/C8H12OS.C7H7FO.C2H6/c9-6-2-1-4-8-5-3-7-10-8;1-9-7-4-2-6(8)3-5-7;1-2/h8-9H,2-3,5-7H2;2-5H,1H3;1-2H3. The number of hydrogen-bond donors (Lipinski definition) is 1. The third-order valence-corrected chi connectivity index (χ3v) is 3.76. The summed E-state index contributed by atoms with van der Waals surface area (Å²) < 4.78 is 17.0. The van der Waals surface area contributed by atoms with E-state index in [0.717, 1.165) is 0 Å². The molecule has 1 aromatic carbocycles. The fourth-order valence-electron chi connectivity index (χ4n) is 1.50. The lowest BCUT2D eigenvalue weighted by molar-refractivity contribution is 0.305. The van der Waals surface area contributed by atoms with Gasteiger partial charge in [-0.1, -0.05) is 25.7 Å². The first-order valence-electron chi connectivity index (χ1n) is 7.26. The van der Waals surface area contributed by atoms with Crippen molar-refractivity contribution in [1.29, 1.82) is 0 Å². The van der Waals surface area contributed by atoms with E-state index in [1.807, 2.05) is 25.6 Å². The number of thioether (sulfide) groups is 1. The Bertz CT molecular complexity index is 403. The molecule has 21 heavy (non-hydrogen) atoms. The molecular weight excluding hydrogens is 287 g/mol. The third-order valence-electron chi connectivity index (χ3n) is 2.48. The van der Waals surface area contributed by atoms with Crippen molar-refractivity contribution in [2.45, 2.75) is 38.4 Å². The molecule has 1 N–H and O–H groups in total. The predicted octanol–water partition coefficient (Wildman–Crippen LogP) is 4.13. The van der Waals surface area contributed by atoms with Crippen molar-refractivity contribution in [2.75, 3.05) is 19.5 Å². The fraction of sp³-hybridized carbons (Fsp3) is 0.529. The van der Waals surface area contributed by atoms with Crippen LogP contribution >= 0.6 is 11.8 Å². The molecule has 1 atom stereocenters. The van der Waals surface area contributed by atoms with Crippen molar-refractivity contribution in [1.82, 2.24) is 0 Å². The first-order valence-corrected chi connectivity index (χ1v) is 8.31. The van der Waals surface area contributed by atoms with E-state index in [2.05, 4.69) is 11.8 Å². The highest BCUT2D eigenvalue weighted by Gasteiger charge is 2.11. The highest BCUT2D eigenvalue weighted by molar-refractivity contribution is 8.00. The van der Waals surface area contributed by atoms with Crippen LogP contribution < -0.4 is 4.74 Å². The molecule has 1 aliphatic heterocycles. The summed E-state index contributed by atoms with van der Waals surface area (Å²) in [5, 5.41) is 8.99. The monoisotopic (exact) mass is 312 g/mol. The van der Waals surface area contributed by atoms with Crippen LogP contribution in [-0.2, 0) is 0 Å². The minimum Gasteiger partial charge on any atom is -0.497 e. The minimum atomic E-state index is -0.240. The Kier molecular flexibility index (Phi) is 13.0. The Morgan fingerprint density at radius 1 is 1.33 bits per heavy atom. The van der Waals surface area contributed by atoms with E-state index in [9.17, 15) is 4.39 Å². The number of aliphatic hydroxyl groups excluding tert-OH is 1. The topological polar surface area (TPSA) is 29.5 Å². The highest BCUT2D eigenvalue weighted by Crippen LogP contribution is 2.24. The van der Waals surface area contributed by atoms with Crippen LogP contribution in [0.1, 0.15) is 33.1 Å². The fourth-order valence-corrected chi connectivity index (χ4v) is 2.62. The number of benzene rings is 1. The normalized spacial score (nSPS) is 15.6. The Hall–Kier alpha value is -1.18. The van der Waals surface area contributed by atoms with Crippen LogP contribution in [0.2, 0.25) is 0 Å². The van der Waals surface area contributed by atoms with Gasteiger partial charge in [0.25, 0.3) is 0 Å². The van der Waals surface area contributed by atoms with Crippen LogP contribution in [0.25, 0.3) is 0 Å². The maximum Gasteiger partial charge on any atom is 0.123 e.